The van der Waals surface area contributed by atoms with Gasteiger partial charge >= 0.3 is 0 Å². The second-order valence-corrected chi connectivity index (χ2v) is 6.36. The van der Waals surface area contributed by atoms with Crippen LogP contribution in [0.1, 0.15) is 30.0 Å². The van der Waals surface area contributed by atoms with Crippen LogP contribution in [-0.2, 0) is 19.1 Å². The van der Waals surface area contributed by atoms with Gasteiger partial charge in [-0.25, -0.2) is 0 Å². The number of piperidine rings is 1. The standard InChI is InChI=1S/C19H28N2O4/c1-14-4-6-15(7-5-14)18-16(19(23)20-10-12-24-2)8-9-17(22)21(18)11-13-25-3/h4-7,16,18H,8-13H2,1-3H3,(H,20,23). The van der Waals surface area contributed by atoms with E-state index in [4.69, 9.17) is 9.47 Å². The summed E-state index contributed by atoms with van der Waals surface area (Å²) in [6.45, 7) is 3.90. The summed E-state index contributed by atoms with van der Waals surface area (Å²) in [7, 11) is 3.22. The van der Waals surface area contributed by atoms with Crippen LogP contribution >= 0.6 is 0 Å². The number of aryl methyl sites for hydroxylation is 1. The summed E-state index contributed by atoms with van der Waals surface area (Å²) in [4.78, 5) is 27.0. The number of nitrogens with one attached hydrogen (secondary N) is 1. The highest BCUT2D eigenvalue weighted by atomic mass is 16.5. The van der Waals surface area contributed by atoms with Crippen LogP contribution in [0.25, 0.3) is 0 Å². The van der Waals surface area contributed by atoms with E-state index < -0.39 is 0 Å². The lowest BCUT2D eigenvalue weighted by Crippen LogP contribution is -2.49. The molecule has 0 spiro atoms. The van der Waals surface area contributed by atoms with Crippen molar-refractivity contribution < 1.29 is 19.1 Å². The number of nitrogens with zero attached hydrogens (tertiary/aromatic N) is 1. The number of hydrogen-bond donors (Lipinski definition) is 1. The van der Waals surface area contributed by atoms with Crippen molar-refractivity contribution in [1.29, 1.82) is 0 Å². The molecule has 2 amide bonds. The van der Waals surface area contributed by atoms with E-state index in [9.17, 15) is 9.59 Å². The summed E-state index contributed by atoms with van der Waals surface area (Å²) in [5.41, 5.74) is 2.14. The largest absolute Gasteiger partial charge is 0.383 e. The molecule has 1 N–H and O–H groups in total. The average Bonchev–Trinajstić information content (AvgIpc) is 2.61. The number of benzene rings is 1. The Labute approximate surface area is 149 Å². The van der Waals surface area contributed by atoms with E-state index in [1.807, 2.05) is 31.2 Å². The normalized spacial score (nSPS) is 20.6. The number of amides is 2. The molecule has 1 heterocycles. The zero-order chi connectivity index (χ0) is 18.2. The van der Waals surface area contributed by atoms with Crippen molar-refractivity contribution in [3.8, 4) is 0 Å². The third kappa shape index (κ3) is 5.03. The highest BCUT2D eigenvalue weighted by Crippen LogP contribution is 2.36. The first kappa shape index (κ1) is 19.4. The average molecular weight is 348 g/mol. The number of ether oxygens (including phenoxy) is 2. The molecule has 0 aliphatic carbocycles. The van der Waals surface area contributed by atoms with Gasteiger partial charge in [-0.2, -0.15) is 0 Å². The van der Waals surface area contributed by atoms with Crippen LogP contribution in [0, 0.1) is 12.8 Å². The molecule has 0 aromatic heterocycles. The van der Waals surface area contributed by atoms with E-state index in [0.717, 1.165) is 11.1 Å². The summed E-state index contributed by atoms with van der Waals surface area (Å²) in [6.07, 6.45) is 0.939. The molecule has 1 fully saturated rings. The first-order valence-electron chi connectivity index (χ1n) is 8.70. The molecule has 1 aliphatic rings. The minimum atomic E-state index is -0.269. The molecule has 138 valence electrons. The maximum Gasteiger partial charge on any atom is 0.225 e. The van der Waals surface area contributed by atoms with Crippen LogP contribution in [0.2, 0.25) is 0 Å². The van der Waals surface area contributed by atoms with Gasteiger partial charge in [-0.05, 0) is 18.9 Å². The van der Waals surface area contributed by atoms with Gasteiger partial charge in [0.15, 0.2) is 0 Å². The third-order valence-electron chi connectivity index (χ3n) is 4.60. The van der Waals surface area contributed by atoms with Gasteiger partial charge in [-0.3, -0.25) is 9.59 Å². The van der Waals surface area contributed by atoms with Crippen LogP contribution in [0.15, 0.2) is 24.3 Å². The maximum absolute atomic E-state index is 12.7. The van der Waals surface area contributed by atoms with Crippen LogP contribution in [0.3, 0.4) is 0 Å². The van der Waals surface area contributed by atoms with E-state index in [2.05, 4.69) is 5.32 Å². The fraction of sp³-hybridized carbons (Fsp3) is 0.579. The predicted molar refractivity (Wildman–Crippen MR) is 95.1 cm³/mol. The zero-order valence-electron chi connectivity index (χ0n) is 15.3. The van der Waals surface area contributed by atoms with Gasteiger partial charge in [0.25, 0.3) is 0 Å². The van der Waals surface area contributed by atoms with Gasteiger partial charge < -0.3 is 19.7 Å². The SMILES string of the molecule is COCCNC(=O)C1CCC(=O)N(CCOC)C1c1ccc(C)cc1. The zero-order valence-corrected chi connectivity index (χ0v) is 15.3. The molecule has 2 rings (SSSR count). The quantitative estimate of drug-likeness (QED) is 0.726. The second-order valence-electron chi connectivity index (χ2n) is 6.36. The number of methoxy groups -OCH3 is 2. The lowest BCUT2D eigenvalue weighted by molar-refractivity contribution is -0.144. The molecule has 2 unspecified atom stereocenters. The second kappa shape index (κ2) is 9.53. The first-order chi connectivity index (χ1) is 12.1. The summed E-state index contributed by atoms with van der Waals surface area (Å²) >= 11 is 0. The number of likely N-dealkylation sites (tertiary alicyclic amines) is 1. The molecular weight excluding hydrogens is 320 g/mol. The Morgan fingerprint density at radius 1 is 1.20 bits per heavy atom. The van der Waals surface area contributed by atoms with E-state index in [-0.39, 0.29) is 23.8 Å². The Balaban J connectivity index is 2.26. The van der Waals surface area contributed by atoms with Crippen LogP contribution in [0.5, 0.6) is 0 Å². The van der Waals surface area contributed by atoms with E-state index in [0.29, 0.717) is 39.1 Å². The molecule has 1 aliphatic heterocycles. The number of hydrogen-bond acceptors (Lipinski definition) is 4. The lowest BCUT2D eigenvalue weighted by Gasteiger charge is -2.40. The number of carbonyl (C=O) groups is 2. The minimum absolute atomic E-state index is 0.0301. The van der Waals surface area contributed by atoms with Gasteiger partial charge in [-0.1, -0.05) is 29.8 Å². The van der Waals surface area contributed by atoms with Crippen LogP contribution < -0.4 is 5.32 Å². The molecule has 1 aromatic carbocycles. The number of rotatable bonds is 8. The van der Waals surface area contributed by atoms with E-state index in [1.165, 1.54) is 0 Å². The highest BCUT2D eigenvalue weighted by Gasteiger charge is 2.40. The number of carbonyl (C=O) groups excluding carboxylic acids is 2. The fourth-order valence-corrected chi connectivity index (χ4v) is 3.26. The molecular formula is C19H28N2O4. The Bertz CT molecular complexity index is 573. The van der Waals surface area contributed by atoms with Crippen molar-refractivity contribution in [2.24, 2.45) is 5.92 Å². The molecule has 0 bridgehead atoms. The van der Waals surface area contributed by atoms with E-state index in [1.54, 1.807) is 19.1 Å². The predicted octanol–water partition coefficient (Wildman–Crippen LogP) is 1.68. The molecule has 0 saturated carbocycles. The van der Waals surface area contributed by atoms with Gasteiger partial charge in [0.1, 0.15) is 0 Å². The fourth-order valence-electron chi connectivity index (χ4n) is 3.26. The highest BCUT2D eigenvalue weighted by molar-refractivity contribution is 5.85. The third-order valence-corrected chi connectivity index (χ3v) is 4.60. The van der Waals surface area contributed by atoms with Gasteiger partial charge in [0.05, 0.1) is 25.2 Å². The Kier molecular flexibility index (Phi) is 7.40. The summed E-state index contributed by atoms with van der Waals surface area (Å²) in [6, 6.07) is 7.78. The Morgan fingerprint density at radius 3 is 2.52 bits per heavy atom. The first-order valence-corrected chi connectivity index (χ1v) is 8.70. The lowest BCUT2D eigenvalue weighted by atomic mass is 9.83. The smallest absolute Gasteiger partial charge is 0.225 e. The van der Waals surface area contributed by atoms with Crippen molar-refractivity contribution in [2.75, 3.05) is 40.5 Å². The van der Waals surface area contributed by atoms with Crippen LogP contribution in [0.4, 0.5) is 0 Å². The van der Waals surface area contributed by atoms with Crippen molar-refractivity contribution in [2.45, 2.75) is 25.8 Å². The molecule has 25 heavy (non-hydrogen) atoms. The molecule has 0 radical (unpaired) electrons. The van der Waals surface area contributed by atoms with Crippen molar-refractivity contribution in [3.63, 3.8) is 0 Å². The molecule has 2 atom stereocenters. The molecule has 6 nitrogen and oxygen atoms in total. The topological polar surface area (TPSA) is 67.9 Å². The maximum atomic E-state index is 12.7. The summed E-state index contributed by atoms with van der Waals surface area (Å²) < 4.78 is 10.2. The summed E-state index contributed by atoms with van der Waals surface area (Å²) in [5.74, 6) is -0.227. The van der Waals surface area contributed by atoms with Crippen molar-refractivity contribution in [3.05, 3.63) is 35.4 Å². The van der Waals surface area contributed by atoms with Crippen LogP contribution in [-0.4, -0.2) is 57.2 Å². The monoisotopic (exact) mass is 348 g/mol. The minimum Gasteiger partial charge on any atom is -0.383 e. The van der Waals surface area contributed by atoms with Crippen molar-refractivity contribution >= 4 is 11.8 Å². The van der Waals surface area contributed by atoms with Gasteiger partial charge in [0.2, 0.25) is 11.8 Å². The molecule has 1 aromatic rings. The van der Waals surface area contributed by atoms with Gasteiger partial charge in [0, 0.05) is 33.7 Å². The summed E-state index contributed by atoms with van der Waals surface area (Å²) in [5, 5.41) is 2.92. The van der Waals surface area contributed by atoms with Gasteiger partial charge in [-0.15, -0.1) is 0 Å². The van der Waals surface area contributed by atoms with E-state index >= 15 is 0 Å². The Hall–Kier alpha value is -1.92. The molecule has 6 heteroatoms. The molecule has 1 saturated heterocycles. The van der Waals surface area contributed by atoms with Crippen molar-refractivity contribution in [1.82, 2.24) is 10.2 Å². The Morgan fingerprint density at radius 2 is 1.88 bits per heavy atom.